The molecule has 2 unspecified atom stereocenters. The van der Waals surface area contributed by atoms with E-state index in [9.17, 15) is 14.9 Å². The normalized spacial score (nSPS) is 22.3. The van der Waals surface area contributed by atoms with Crippen LogP contribution in [0.5, 0.6) is 0 Å². The first kappa shape index (κ1) is 16.3. The summed E-state index contributed by atoms with van der Waals surface area (Å²) in [4.78, 5) is 34.8. The van der Waals surface area contributed by atoms with Gasteiger partial charge in [0.15, 0.2) is 0 Å². The van der Waals surface area contributed by atoms with E-state index in [-0.39, 0.29) is 11.4 Å². The summed E-state index contributed by atoms with van der Waals surface area (Å²) in [5.41, 5.74) is 0.806. The number of piperidine rings is 1. The molecule has 0 spiro atoms. The third kappa shape index (κ3) is 2.73. The van der Waals surface area contributed by atoms with Crippen LogP contribution >= 0.6 is 0 Å². The topological polar surface area (TPSA) is 102 Å². The van der Waals surface area contributed by atoms with Crippen LogP contribution in [0.2, 0.25) is 0 Å². The number of aromatic nitrogens is 2. The van der Waals surface area contributed by atoms with Gasteiger partial charge in [-0.3, -0.25) is 14.6 Å². The van der Waals surface area contributed by atoms with Gasteiger partial charge in [0.05, 0.1) is 11.6 Å². The average molecular weight is 349 g/mol. The summed E-state index contributed by atoms with van der Waals surface area (Å²) in [6, 6.07) is 11.2. The Hall–Kier alpha value is -3.14. The number of anilines is 2. The lowest BCUT2D eigenvalue weighted by molar-refractivity contribution is -0.119. The van der Waals surface area contributed by atoms with Crippen molar-refractivity contribution in [3.63, 3.8) is 0 Å². The summed E-state index contributed by atoms with van der Waals surface area (Å²) in [5.74, 6) is -1.27. The molecule has 7 heteroatoms. The second kappa shape index (κ2) is 6.64. The fourth-order valence-electron chi connectivity index (χ4n) is 3.77. The number of hydrogen-bond acceptors (Lipinski definition) is 5. The SMILES string of the molecule is N#CC1C(=O)Nc2nc(N3CCCCC3)[nH]c(=O)c2C1c1ccccc1. The van der Waals surface area contributed by atoms with E-state index < -0.39 is 17.7 Å². The van der Waals surface area contributed by atoms with E-state index in [0.717, 1.165) is 31.5 Å². The minimum Gasteiger partial charge on any atom is -0.342 e. The monoisotopic (exact) mass is 349 g/mol. The summed E-state index contributed by atoms with van der Waals surface area (Å²) in [7, 11) is 0. The van der Waals surface area contributed by atoms with Gasteiger partial charge in [-0.2, -0.15) is 10.2 Å². The van der Waals surface area contributed by atoms with Crippen LogP contribution in [0.25, 0.3) is 0 Å². The average Bonchev–Trinajstić information content (AvgIpc) is 2.68. The van der Waals surface area contributed by atoms with Crippen LogP contribution < -0.4 is 15.8 Å². The molecule has 132 valence electrons. The van der Waals surface area contributed by atoms with Crippen molar-refractivity contribution in [2.24, 2.45) is 5.92 Å². The molecule has 2 atom stereocenters. The molecular weight excluding hydrogens is 330 g/mol. The molecule has 0 saturated carbocycles. The fourth-order valence-corrected chi connectivity index (χ4v) is 3.77. The van der Waals surface area contributed by atoms with E-state index in [1.807, 2.05) is 41.3 Å². The van der Waals surface area contributed by atoms with Gasteiger partial charge in [-0.25, -0.2) is 0 Å². The van der Waals surface area contributed by atoms with Crippen molar-refractivity contribution in [2.45, 2.75) is 25.2 Å². The number of hydrogen-bond donors (Lipinski definition) is 2. The Balaban J connectivity index is 1.84. The van der Waals surface area contributed by atoms with E-state index in [2.05, 4.69) is 15.3 Å². The molecule has 1 aromatic heterocycles. The summed E-state index contributed by atoms with van der Waals surface area (Å²) >= 11 is 0. The number of aromatic amines is 1. The Morgan fingerprint density at radius 1 is 1.12 bits per heavy atom. The van der Waals surface area contributed by atoms with Crippen LogP contribution in [0.4, 0.5) is 11.8 Å². The van der Waals surface area contributed by atoms with Crippen LogP contribution in [0.3, 0.4) is 0 Å². The Morgan fingerprint density at radius 3 is 2.54 bits per heavy atom. The standard InChI is InChI=1S/C19H19N5O2/c20-11-13-14(12-7-3-1-4-8-12)15-16(21-17(13)25)22-19(23-18(15)26)24-9-5-2-6-10-24/h1,3-4,7-8,13-14H,2,5-6,9-10H2,(H2,21,22,23,25,26). The maximum atomic E-state index is 12.9. The molecule has 4 rings (SSSR count). The van der Waals surface area contributed by atoms with Crippen LogP contribution in [0.1, 0.15) is 36.3 Å². The third-order valence-electron chi connectivity index (χ3n) is 5.06. The molecule has 0 bridgehead atoms. The highest BCUT2D eigenvalue weighted by Crippen LogP contribution is 2.38. The predicted molar refractivity (Wildman–Crippen MR) is 96.9 cm³/mol. The van der Waals surface area contributed by atoms with Gasteiger partial charge in [-0.1, -0.05) is 30.3 Å². The second-order valence-electron chi connectivity index (χ2n) is 6.68. The molecule has 2 N–H and O–H groups in total. The number of H-pyrrole nitrogens is 1. The molecule has 3 heterocycles. The van der Waals surface area contributed by atoms with Crippen molar-refractivity contribution in [1.29, 1.82) is 5.26 Å². The Labute approximate surface area is 150 Å². The van der Waals surface area contributed by atoms with Crippen molar-refractivity contribution in [3.05, 3.63) is 51.8 Å². The van der Waals surface area contributed by atoms with E-state index in [4.69, 9.17) is 0 Å². The van der Waals surface area contributed by atoms with E-state index in [0.29, 0.717) is 11.5 Å². The predicted octanol–water partition coefficient (Wildman–Crippen LogP) is 1.98. The van der Waals surface area contributed by atoms with Gasteiger partial charge < -0.3 is 10.2 Å². The number of nitrogens with zero attached hydrogens (tertiary/aromatic N) is 3. The molecule has 1 fully saturated rings. The van der Waals surface area contributed by atoms with E-state index >= 15 is 0 Å². The van der Waals surface area contributed by atoms with Crippen LogP contribution in [0.15, 0.2) is 35.1 Å². The zero-order valence-electron chi connectivity index (χ0n) is 14.2. The number of nitrogens with one attached hydrogen (secondary N) is 2. The van der Waals surface area contributed by atoms with Gasteiger partial charge in [-0.15, -0.1) is 0 Å². The first-order valence-corrected chi connectivity index (χ1v) is 8.83. The number of rotatable bonds is 2. The van der Waals surface area contributed by atoms with Crippen molar-refractivity contribution < 1.29 is 4.79 Å². The molecule has 26 heavy (non-hydrogen) atoms. The molecule has 2 aromatic rings. The summed E-state index contributed by atoms with van der Waals surface area (Å²) < 4.78 is 0. The molecule has 0 aliphatic carbocycles. The highest BCUT2D eigenvalue weighted by molar-refractivity contribution is 5.97. The van der Waals surface area contributed by atoms with E-state index in [1.165, 1.54) is 6.42 Å². The first-order valence-electron chi connectivity index (χ1n) is 8.83. The van der Waals surface area contributed by atoms with Crippen LogP contribution in [0, 0.1) is 17.2 Å². The lowest BCUT2D eigenvalue weighted by Gasteiger charge is -2.31. The van der Waals surface area contributed by atoms with Gasteiger partial charge in [0, 0.05) is 19.0 Å². The lowest BCUT2D eigenvalue weighted by atomic mass is 9.79. The van der Waals surface area contributed by atoms with Gasteiger partial charge in [0.1, 0.15) is 11.7 Å². The quantitative estimate of drug-likeness (QED) is 0.863. The second-order valence-corrected chi connectivity index (χ2v) is 6.68. The summed E-state index contributed by atoms with van der Waals surface area (Å²) in [6.07, 6.45) is 3.27. The highest BCUT2D eigenvalue weighted by atomic mass is 16.2. The van der Waals surface area contributed by atoms with Gasteiger partial charge in [0.25, 0.3) is 5.56 Å². The molecule has 2 aliphatic heterocycles. The summed E-state index contributed by atoms with van der Waals surface area (Å²) in [5, 5.41) is 12.2. The molecule has 2 aliphatic rings. The fraction of sp³-hybridized carbons (Fsp3) is 0.368. The maximum absolute atomic E-state index is 12.9. The van der Waals surface area contributed by atoms with Crippen molar-refractivity contribution in [2.75, 3.05) is 23.3 Å². The molecular formula is C19H19N5O2. The lowest BCUT2D eigenvalue weighted by Crippen LogP contribution is -2.40. The number of amides is 1. The van der Waals surface area contributed by atoms with E-state index in [1.54, 1.807) is 0 Å². The van der Waals surface area contributed by atoms with Crippen molar-refractivity contribution in [3.8, 4) is 6.07 Å². The number of benzene rings is 1. The van der Waals surface area contributed by atoms with Crippen LogP contribution in [-0.4, -0.2) is 29.0 Å². The zero-order chi connectivity index (χ0) is 18.1. The Kier molecular flexibility index (Phi) is 4.17. The summed E-state index contributed by atoms with van der Waals surface area (Å²) in [6.45, 7) is 1.66. The molecule has 1 saturated heterocycles. The minimum absolute atomic E-state index is 0.264. The van der Waals surface area contributed by atoms with Crippen molar-refractivity contribution >= 4 is 17.7 Å². The number of carbonyl (C=O) groups is 1. The maximum Gasteiger partial charge on any atom is 0.258 e. The van der Waals surface area contributed by atoms with Crippen LogP contribution in [-0.2, 0) is 4.79 Å². The Bertz CT molecular complexity index is 925. The largest absolute Gasteiger partial charge is 0.342 e. The zero-order valence-corrected chi connectivity index (χ0v) is 14.2. The third-order valence-corrected chi connectivity index (χ3v) is 5.06. The van der Waals surface area contributed by atoms with Crippen molar-refractivity contribution in [1.82, 2.24) is 9.97 Å². The smallest absolute Gasteiger partial charge is 0.258 e. The molecule has 0 radical (unpaired) electrons. The Morgan fingerprint density at radius 2 is 1.85 bits per heavy atom. The van der Waals surface area contributed by atoms with Gasteiger partial charge in [0.2, 0.25) is 11.9 Å². The highest BCUT2D eigenvalue weighted by Gasteiger charge is 2.40. The van der Waals surface area contributed by atoms with Gasteiger partial charge in [-0.05, 0) is 24.8 Å². The first-order chi connectivity index (χ1) is 12.7. The minimum atomic E-state index is -0.964. The van der Waals surface area contributed by atoms with Gasteiger partial charge >= 0.3 is 0 Å². The number of carbonyl (C=O) groups excluding carboxylic acids is 1. The number of fused-ring (bicyclic) bond motifs is 1. The molecule has 1 amide bonds. The molecule has 1 aromatic carbocycles. The number of nitriles is 1. The molecule has 7 nitrogen and oxygen atoms in total.